The zero-order valence-electron chi connectivity index (χ0n) is 11.7. The van der Waals surface area contributed by atoms with Crippen molar-refractivity contribution in [1.82, 2.24) is 9.78 Å². The Morgan fingerprint density at radius 2 is 1.79 bits per heavy atom. The van der Waals surface area contributed by atoms with E-state index in [0.29, 0.717) is 10.7 Å². The first-order chi connectivity index (χ1) is 8.93. The van der Waals surface area contributed by atoms with Gasteiger partial charge in [0.2, 0.25) is 0 Å². The highest BCUT2D eigenvalue weighted by atomic mass is 35.5. The topological polar surface area (TPSA) is 38.1 Å². The standard InChI is InChI=1S/C15H19ClN2O/c1-9(2)18-14(12(16)8-17-18)15(19)13-10(3)6-5-7-11(13)4/h5-9,15,19H,1-4H3. The molecule has 2 aromatic rings. The van der Waals surface area contributed by atoms with Crippen LogP contribution in [0.15, 0.2) is 24.4 Å². The molecule has 0 aliphatic rings. The number of rotatable bonds is 3. The second-order valence-electron chi connectivity index (χ2n) is 5.12. The molecule has 1 unspecified atom stereocenters. The van der Waals surface area contributed by atoms with Crippen molar-refractivity contribution in [2.45, 2.75) is 39.8 Å². The van der Waals surface area contributed by atoms with E-state index in [2.05, 4.69) is 5.10 Å². The SMILES string of the molecule is Cc1cccc(C)c1C(O)c1c(Cl)cnn1C(C)C. The van der Waals surface area contributed by atoms with E-state index in [4.69, 9.17) is 11.6 Å². The summed E-state index contributed by atoms with van der Waals surface area (Å²) in [5, 5.41) is 15.5. The van der Waals surface area contributed by atoms with E-state index >= 15 is 0 Å². The van der Waals surface area contributed by atoms with Gasteiger partial charge in [-0.1, -0.05) is 29.8 Å². The summed E-state index contributed by atoms with van der Waals surface area (Å²) >= 11 is 6.20. The Hall–Kier alpha value is -1.32. The number of aromatic nitrogens is 2. The van der Waals surface area contributed by atoms with Gasteiger partial charge in [0.15, 0.2) is 0 Å². The van der Waals surface area contributed by atoms with Gasteiger partial charge in [0.25, 0.3) is 0 Å². The third kappa shape index (κ3) is 2.53. The predicted molar refractivity (Wildman–Crippen MR) is 77.6 cm³/mol. The molecule has 3 nitrogen and oxygen atoms in total. The number of aliphatic hydroxyl groups is 1. The van der Waals surface area contributed by atoms with Crippen LogP contribution in [0.25, 0.3) is 0 Å². The van der Waals surface area contributed by atoms with E-state index in [9.17, 15) is 5.11 Å². The van der Waals surface area contributed by atoms with Gasteiger partial charge in [-0.25, -0.2) is 0 Å². The smallest absolute Gasteiger partial charge is 0.123 e. The summed E-state index contributed by atoms with van der Waals surface area (Å²) in [6.45, 7) is 8.03. The molecule has 2 rings (SSSR count). The predicted octanol–water partition coefficient (Wildman–Crippen LogP) is 3.82. The molecular formula is C15H19ClN2O. The zero-order valence-corrected chi connectivity index (χ0v) is 12.4. The zero-order chi connectivity index (χ0) is 14.2. The maximum atomic E-state index is 10.7. The summed E-state index contributed by atoms with van der Waals surface area (Å²) in [7, 11) is 0. The molecule has 1 heterocycles. The number of aryl methyl sites for hydroxylation is 2. The molecule has 0 saturated carbocycles. The number of halogens is 1. The monoisotopic (exact) mass is 278 g/mol. The minimum Gasteiger partial charge on any atom is -0.382 e. The molecule has 19 heavy (non-hydrogen) atoms. The third-order valence-corrected chi connectivity index (χ3v) is 3.64. The van der Waals surface area contributed by atoms with Gasteiger partial charge < -0.3 is 5.11 Å². The van der Waals surface area contributed by atoms with E-state index < -0.39 is 6.10 Å². The maximum Gasteiger partial charge on any atom is 0.123 e. The van der Waals surface area contributed by atoms with Gasteiger partial charge in [-0.05, 0) is 44.4 Å². The highest BCUT2D eigenvalue weighted by Crippen LogP contribution is 2.33. The summed E-state index contributed by atoms with van der Waals surface area (Å²) in [5.74, 6) is 0. The first kappa shape index (κ1) is 14.1. The lowest BCUT2D eigenvalue weighted by molar-refractivity contribution is 0.203. The van der Waals surface area contributed by atoms with Crippen molar-refractivity contribution in [2.24, 2.45) is 0 Å². The van der Waals surface area contributed by atoms with Gasteiger partial charge in [-0.3, -0.25) is 4.68 Å². The van der Waals surface area contributed by atoms with E-state index in [1.165, 1.54) is 0 Å². The Balaban J connectivity index is 2.56. The molecule has 1 aromatic carbocycles. The molecule has 0 saturated heterocycles. The number of hydrogen-bond donors (Lipinski definition) is 1. The minimum absolute atomic E-state index is 0.154. The van der Waals surface area contributed by atoms with Crippen molar-refractivity contribution in [3.05, 3.63) is 51.8 Å². The van der Waals surface area contributed by atoms with Crippen molar-refractivity contribution in [2.75, 3.05) is 0 Å². The Labute approximate surface area is 118 Å². The first-order valence-corrected chi connectivity index (χ1v) is 6.78. The average Bonchev–Trinajstić information content (AvgIpc) is 2.70. The molecule has 0 bridgehead atoms. The molecule has 0 spiro atoms. The van der Waals surface area contributed by atoms with E-state index in [0.717, 1.165) is 16.7 Å². The quantitative estimate of drug-likeness (QED) is 0.927. The fraction of sp³-hybridized carbons (Fsp3) is 0.400. The lowest BCUT2D eigenvalue weighted by Crippen LogP contribution is -2.14. The second kappa shape index (κ2) is 5.35. The highest BCUT2D eigenvalue weighted by Gasteiger charge is 2.23. The van der Waals surface area contributed by atoms with Crippen molar-refractivity contribution in [3.8, 4) is 0 Å². The molecule has 4 heteroatoms. The van der Waals surface area contributed by atoms with Crippen LogP contribution in [-0.2, 0) is 0 Å². The van der Waals surface area contributed by atoms with Crippen molar-refractivity contribution >= 4 is 11.6 Å². The van der Waals surface area contributed by atoms with Crippen LogP contribution < -0.4 is 0 Å². The number of nitrogens with zero attached hydrogens (tertiary/aromatic N) is 2. The van der Waals surface area contributed by atoms with Crippen LogP contribution in [0.4, 0.5) is 0 Å². The highest BCUT2D eigenvalue weighted by molar-refractivity contribution is 6.31. The van der Waals surface area contributed by atoms with Crippen molar-refractivity contribution in [1.29, 1.82) is 0 Å². The minimum atomic E-state index is -0.751. The molecule has 1 aromatic heterocycles. The Morgan fingerprint density at radius 3 is 2.32 bits per heavy atom. The summed E-state index contributed by atoms with van der Waals surface area (Å²) in [4.78, 5) is 0. The van der Waals surface area contributed by atoms with Gasteiger partial charge in [0, 0.05) is 6.04 Å². The number of benzene rings is 1. The summed E-state index contributed by atoms with van der Waals surface area (Å²) in [6, 6.07) is 6.13. The molecule has 1 N–H and O–H groups in total. The van der Waals surface area contributed by atoms with Gasteiger partial charge in [-0.15, -0.1) is 0 Å². The van der Waals surface area contributed by atoms with Crippen LogP contribution in [0.3, 0.4) is 0 Å². The molecule has 0 fully saturated rings. The Kier molecular flexibility index (Phi) is 3.97. The van der Waals surface area contributed by atoms with Gasteiger partial charge in [-0.2, -0.15) is 5.10 Å². The summed E-state index contributed by atoms with van der Waals surface area (Å²) in [6.07, 6.45) is 0.840. The first-order valence-electron chi connectivity index (χ1n) is 6.40. The normalized spacial score (nSPS) is 13.0. The van der Waals surface area contributed by atoms with E-state index in [-0.39, 0.29) is 6.04 Å². The van der Waals surface area contributed by atoms with Crippen LogP contribution in [0.2, 0.25) is 5.02 Å². The molecular weight excluding hydrogens is 260 g/mol. The molecule has 0 aliphatic heterocycles. The fourth-order valence-electron chi connectivity index (χ4n) is 2.41. The second-order valence-corrected chi connectivity index (χ2v) is 5.53. The maximum absolute atomic E-state index is 10.7. The van der Waals surface area contributed by atoms with Gasteiger partial charge >= 0.3 is 0 Å². The van der Waals surface area contributed by atoms with Crippen LogP contribution in [0, 0.1) is 13.8 Å². The van der Waals surface area contributed by atoms with Crippen LogP contribution in [0.5, 0.6) is 0 Å². The van der Waals surface area contributed by atoms with Crippen LogP contribution in [-0.4, -0.2) is 14.9 Å². The van der Waals surface area contributed by atoms with Crippen LogP contribution in [0.1, 0.15) is 48.4 Å². The molecule has 0 amide bonds. The van der Waals surface area contributed by atoms with Gasteiger partial charge in [0.05, 0.1) is 16.9 Å². The molecule has 102 valence electrons. The van der Waals surface area contributed by atoms with E-state index in [1.807, 2.05) is 45.9 Å². The lowest BCUT2D eigenvalue weighted by atomic mass is 9.96. The average molecular weight is 279 g/mol. The van der Waals surface area contributed by atoms with Crippen molar-refractivity contribution < 1.29 is 5.11 Å². The summed E-state index contributed by atoms with van der Waals surface area (Å²) in [5.41, 5.74) is 3.68. The van der Waals surface area contributed by atoms with E-state index in [1.54, 1.807) is 10.9 Å². The lowest BCUT2D eigenvalue weighted by Gasteiger charge is -2.20. The summed E-state index contributed by atoms with van der Waals surface area (Å²) < 4.78 is 1.78. The van der Waals surface area contributed by atoms with Crippen LogP contribution >= 0.6 is 11.6 Å². The third-order valence-electron chi connectivity index (χ3n) is 3.35. The molecule has 1 atom stereocenters. The molecule has 0 aliphatic carbocycles. The van der Waals surface area contributed by atoms with Crippen molar-refractivity contribution in [3.63, 3.8) is 0 Å². The fourth-order valence-corrected chi connectivity index (χ4v) is 2.65. The largest absolute Gasteiger partial charge is 0.382 e. The Bertz CT molecular complexity index is 570. The molecule has 0 radical (unpaired) electrons. The van der Waals surface area contributed by atoms with Gasteiger partial charge in [0.1, 0.15) is 6.10 Å². The Morgan fingerprint density at radius 1 is 1.21 bits per heavy atom. The number of hydrogen-bond acceptors (Lipinski definition) is 2. The number of aliphatic hydroxyl groups excluding tert-OH is 1.